The third-order valence-corrected chi connectivity index (χ3v) is 3.77. The van der Waals surface area contributed by atoms with Crippen LogP contribution in [-0.2, 0) is 0 Å². The van der Waals surface area contributed by atoms with Gasteiger partial charge in [0.25, 0.3) is 11.6 Å². The normalized spacial score (nSPS) is 10.5. The molecule has 2 rings (SSSR count). The number of nitro benzene ring substituents is 1. The van der Waals surface area contributed by atoms with Crippen LogP contribution in [0.4, 0.5) is 20.2 Å². The predicted octanol–water partition coefficient (Wildman–Crippen LogP) is 4.17. The number of carbonyl (C=O) groups excluding carboxylic acids is 1. The molecule has 0 saturated heterocycles. The summed E-state index contributed by atoms with van der Waals surface area (Å²) in [5, 5.41) is 13.5. The Morgan fingerprint density at radius 2 is 2.00 bits per heavy atom. The molecular weight excluding hydrogens is 342 g/mol. The van der Waals surface area contributed by atoms with E-state index in [2.05, 4.69) is 10.1 Å². The zero-order valence-corrected chi connectivity index (χ0v) is 13.2. The minimum Gasteiger partial charge on any atom is -0.433 e. The smallest absolute Gasteiger partial charge is 0.387 e. The number of carbonyl (C=O) groups is 1. The number of hydrogen-bond donors (Lipinski definition) is 1. The Labute approximate surface area is 140 Å². The molecule has 0 aliphatic carbocycles. The number of rotatable bonds is 6. The Morgan fingerprint density at radius 1 is 1.29 bits per heavy atom. The number of nitrogens with zero attached hydrogens (tertiary/aromatic N) is 1. The largest absolute Gasteiger partial charge is 0.433 e. The number of anilines is 1. The van der Waals surface area contributed by atoms with Crippen LogP contribution >= 0.6 is 11.8 Å². The lowest BCUT2D eigenvalue weighted by atomic mass is 10.2. The molecule has 1 N–H and O–H groups in total. The van der Waals surface area contributed by atoms with Gasteiger partial charge in [0.15, 0.2) is 0 Å². The Kier molecular flexibility index (Phi) is 5.69. The molecule has 6 nitrogen and oxygen atoms in total. The van der Waals surface area contributed by atoms with E-state index in [0.29, 0.717) is 4.90 Å². The van der Waals surface area contributed by atoms with Crippen molar-refractivity contribution in [3.63, 3.8) is 0 Å². The maximum atomic E-state index is 12.4. The van der Waals surface area contributed by atoms with Crippen molar-refractivity contribution >= 4 is 29.0 Å². The summed E-state index contributed by atoms with van der Waals surface area (Å²) in [5.74, 6) is -0.868. The Balaban J connectivity index is 2.28. The number of halogens is 2. The molecule has 0 saturated carbocycles. The summed E-state index contributed by atoms with van der Waals surface area (Å²) >= 11 is 1.18. The molecule has 2 aromatic carbocycles. The van der Waals surface area contributed by atoms with Crippen LogP contribution in [0.25, 0.3) is 0 Å². The lowest BCUT2D eigenvalue weighted by Gasteiger charge is -2.11. The minimum absolute atomic E-state index is 0.0337. The van der Waals surface area contributed by atoms with E-state index >= 15 is 0 Å². The number of benzene rings is 2. The summed E-state index contributed by atoms with van der Waals surface area (Å²) in [6.45, 7) is -3.04. The molecule has 0 unspecified atom stereocenters. The molecule has 0 bridgehead atoms. The van der Waals surface area contributed by atoms with Gasteiger partial charge in [0, 0.05) is 11.6 Å². The van der Waals surface area contributed by atoms with Crippen molar-refractivity contribution in [3.05, 3.63) is 58.1 Å². The van der Waals surface area contributed by atoms with E-state index in [1.165, 1.54) is 48.2 Å². The van der Waals surface area contributed by atoms with Crippen LogP contribution in [0.5, 0.6) is 5.75 Å². The van der Waals surface area contributed by atoms with Gasteiger partial charge in [0.1, 0.15) is 5.75 Å². The van der Waals surface area contributed by atoms with Gasteiger partial charge >= 0.3 is 6.61 Å². The SMILES string of the molecule is CSc1ccc(C(=O)Nc2ccccc2OC(F)F)cc1[N+](=O)[O-]. The van der Waals surface area contributed by atoms with Gasteiger partial charge in [-0.25, -0.2) is 0 Å². The van der Waals surface area contributed by atoms with Crippen molar-refractivity contribution in [1.82, 2.24) is 0 Å². The molecule has 0 spiro atoms. The highest BCUT2D eigenvalue weighted by Crippen LogP contribution is 2.30. The Bertz CT molecular complexity index is 771. The summed E-state index contributed by atoms with van der Waals surface area (Å²) in [7, 11) is 0. The third kappa shape index (κ3) is 4.19. The Morgan fingerprint density at radius 3 is 2.62 bits per heavy atom. The second-order valence-electron chi connectivity index (χ2n) is 4.47. The number of para-hydroxylation sites is 2. The molecule has 9 heteroatoms. The van der Waals surface area contributed by atoms with E-state index in [-0.39, 0.29) is 22.7 Å². The fourth-order valence-electron chi connectivity index (χ4n) is 1.94. The quantitative estimate of drug-likeness (QED) is 0.478. The van der Waals surface area contributed by atoms with Crippen molar-refractivity contribution in [2.75, 3.05) is 11.6 Å². The number of amides is 1. The van der Waals surface area contributed by atoms with Gasteiger partial charge < -0.3 is 10.1 Å². The van der Waals surface area contributed by atoms with Crippen LogP contribution in [0.15, 0.2) is 47.4 Å². The second-order valence-corrected chi connectivity index (χ2v) is 5.32. The maximum Gasteiger partial charge on any atom is 0.387 e. The van der Waals surface area contributed by atoms with Crippen molar-refractivity contribution < 1.29 is 23.2 Å². The number of nitrogens with one attached hydrogen (secondary N) is 1. The van der Waals surface area contributed by atoms with Crippen LogP contribution in [0.3, 0.4) is 0 Å². The maximum absolute atomic E-state index is 12.4. The molecule has 0 aliphatic rings. The van der Waals surface area contributed by atoms with Gasteiger partial charge in [-0.05, 0) is 30.5 Å². The zero-order chi connectivity index (χ0) is 17.7. The second kappa shape index (κ2) is 7.73. The molecule has 2 aromatic rings. The monoisotopic (exact) mass is 354 g/mol. The van der Waals surface area contributed by atoms with Gasteiger partial charge in [0.2, 0.25) is 0 Å². The molecule has 0 atom stereocenters. The summed E-state index contributed by atoms with van der Waals surface area (Å²) in [4.78, 5) is 23.1. The van der Waals surface area contributed by atoms with E-state index in [1.54, 1.807) is 6.26 Å². The average molecular weight is 354 g/mol. The molecule has 0 fully saturated rings. The molecular formula is C15H12F2N2O4S. The molecule has 126 valence electrons. The number of alkyl halides is 2. The lowest BCUT2D eigenvalue weighted by molar-refractivity contribution is -0.387. The van der Waals surface area contributed by atoms with Gasteiger partial charge in [-0.2, -0.15) is 8.78 Å². The highest BCUT2D eigenvalue weighted by molar-refractivity contribution is 7.98. The first-order valence-corrected chi connectivity index (χ1v) is 7.82. The molecule has 0 aromatic heterocycles. The predicted molar refractivity (Wildman–Crippen MR) is 85.9 cm³/mol. The van der Waals surface area contributed by atoms with E-state index < -0.39 is 17.4 Å². The standard InChI is InChI=1S/C15H12F2N2O4S/c1-24-13-7-6-9(8-11(13)19(21)22)14(20)18-10-4-2-3-5-12(10)23-15(16)17/h2-8,15H,1H3,(H,18,20). The van der Waals surface area contributed by atoms with Crippen LogP contribution < -0.4 is 10.1 Å². The van der Waals surface area contributed by atoms with E-state index in [4.69, 9.17) is 0 Å². The molecule has 0 radical (unpaired) electrons. The lowest BCUT2D eigenvalue weighted by Crippen LogP contribution is -2.14. The summed E-state index contributed by atoms with van der Waals surface area (Å²) in [6, 6.07) is 9.70. The minimum atomic E-state index is -3.04. The highest BCUT2D eigenvalue weighted by atomic mass is 32.2. The van der Waals surface area contributed by atoms with E-state index in [9.17, 15) is 23.7 Å². The molecule has 0 aliphatic heterocycles. The Hall–Kier alpha value is -2.68. The zero-order valence-electron chi connectivity index (χ0n) is 12.4. The van der Waals surface area contributed by atoms with Crippen LogP contribution in [0.1, 0.15) is 10.4 Å². The highest BCUT2D eigenvalue weighted by Gasteiger charge is 2.18. The topological polar surface area (TPSA) is 81.5 Å². The molecule has 1 amide bonds. The van der Waals surface area contributed by atoms with Crippen molar-refractivity contribution in [3.8, 4) is 5.75 Å². The van der Waals surface area contributed by atoms with E-state index in [1.807, 2.05) is 0 Å². The van der Waals surface area contributed by atoms with Gasteiger partial charge in [-0.3, -0.25) is 14.9 Å². The first kappa shape index (κ1) is 17.7. The number of hydrogen-bond acceptors (Lipinski definition) is 5. The fraction of sp³-hybridized carbons (Fsp3) is 0.133. The van der Waals surface area contributed by atoms with Crippen molar-refractivity contribution in [1.29, 1.82) is 0 Å². The number of ether oxygens (including phenoxy) is 1. The summed E-state index contributed by atoms with van der Waals surface area (Å²) in [6.07, 6.45) is 1.68. The number of thioether (sulfide) groups is 1. The molecule has 0 heterocycles. The fourth-order valence-corrected chi connectivity index (χ4v) is 2.48. The first-order valence-electron chi connectivity index (χ1n) is 6.60. The van der Waals surface area contributed by atoms with Crippen molar-refractivity contribution in [2.45, 2.75) is 11.5 Å². The first-order chi connectivity index (χ1) is 11.4. The van der Waals surface area contributed by atoms with Crippen LogP contribution in [0, 0.1) is 10.1 Å². The summed E-state index contributed by atoms with van der Waals surface area (Å²) < 4.78 is 29.1. The van der Waals surface area contributed by atoms with Gasteiger partial charge in [-0.1, -0.05) is 12.1 Å². The number of nitro groups is 1. The molecule has 24 heavy (non-hydrogen) atoms. The van der Waals surface area contributed by atoms with E-state index in [0.717, 1.165) is 6.07 Å². The van der Waals surface area contributed by atoms with Crippen molar-refractivity contribution in [2.24, 2.45) is 0 Å². The van der Waals surface area contributed by atoms with Crippen LogP contribution in [-0.4, -0.2) is 23.7 Å². The van der Waals surface area contributed by atoms with Gasteiger partial charge in [0.05, 0.1) is 15.5 Å². The third-order valence-electron chi connectivity index (χ3n) is 2.99. The summed E-state index contributed by atoms with van der Waals surface area (Å²) in [5.41, 5.74) is -0.127. The van der Waals surface area contributed by atoms with Crippen LogP contribution in [0.2, 0.25) is 0 Å². The average Bonchev–Trinajstić information content (AvgIpc) is 2.55. The van der Waals surface area contributed by atoms with Gasteiger partial charge in [-0.15, -0.1) is 11.8 Å².